The lowest BCUT2D eigenvalue weighted by atomic mass is 9.87. The molecular formula is C14H25ClN2O3. The van der Waals surface area contributed by atoms with Crippen molar-refractivity contribution < 1.29 is 14.3 Å². The topological polar surface area (TPSA) is 58.6 Å². The Morgan fingerprint density at radius 2 is 2.05 bits per heavy atom. The molecular weight excluding hydrogens is 280 g/mol. The highest BCUT2D eigenvalue weighted by atomic mass is 35.5. The van der Waals surface area contributed by atoms with Gasteiger partial charge < -0.3 is 15.0 Å². The summed E-state index contributed by atoms with van der Waals surface area (Å²) in [6.07, 6.45) is 0.607. The summed E-state index contributed by atoms with van der Waals surface area (Å²) in [6, 6.07) is 0. The van der Waals surface area contributed by atoms with Crippen LogP contribution in [-0.4, -0.2) is 48.0 Å². The first-order chi connectivity index (χ1) is 9.23. The van der Waals surface area contributed by atoms with Crippen molar-refractivity contribution in [2.24, 2.45) is 11.8 Å². The Bertz CT molecular complexity index is 355. The summed E-state index contributed by atoms with van der Waals surface area (Å²) in [4.78, 5) is 24.9. The van der Waals surface area contributed by atoms with Crippen LogP contribution in [0, 0.1) is 11.8 Å². The van der Waals surface area contributed by atoms with E-state index in [1.54, 1.807) is 4.90 Å². The molecule has 20 heavy (non-hydrogen) atoms. The molecule has 1 fully saturated rings. The lowest BCUT2D eigenvalue weighted by molar-refractivity contribution is -0.119. The van der Waals surface area contributed by atoms with E-state index in [0.29, 0.717) is 31.5 Å². The van der Waals surface area contributed by atoms with Gasteiger partial charge >= 0.3 is 6.09 Å². The van der Waals surface area contributed by atoms with E-state index in [1.807, 2.05) is 20.8 Å². The molecule has 116 valence electrons. The molecule has 1 saturated heterocycles. The highest BCUT2D eigenvalue weighted by molar-refractivity contribution is 6.27. The van der Waals surface area contributed by atoms with Crippen LogP contribution < -0.4 is 5.32 Å². The molecule has 0 aromatic rings. The number of piperidine rings is 1. The standard InChI is InChI=1S/C14H25ClN2O3/c1-10-9-17(13(19)20-14(2,3)4)6-5-11(10)8-16-12(18)7-15/h10-11H,5-9H2,1-4H3,(H,16,18). The maximum atomic E-state index is 12.0. The van der Waals surface area contributed by atoms with Gasteiger partial charge in [0.2, 0.25) is 5.91 Å². The Hall–Kier alpha value is -0.970. The van der Waals surface area contributed by atoms with Gasteiger partial charge in [0.15, 0.2) is 0 Å². The third kappa shape index (κ3) is 5.57. The number of rotatable bonds is 3. The van der Waals surface area contributed by atoms with Crippen molar-refractivity contribution in [2.75, 3.05) is 25.5 Å². The zero-order chi connectivity index (χ0) is 15.3. The molecule has 1 aliphatic heterocycles. The van der Waals surface area contributed by atoms with Crippen LogP contribution in [0.4, 0.5) is 4.79 Å². The molecule has 1 aliphatic rings. The largest absolute Gasteiger partial charge is 0.444 e. The number of halogens is 1. The minimum Gasteiger partial charge on any atom is -0.444 e. The number of alkyl halides is 1. The Labute approximate surface area is 126 Å². The van der Waals surface area contributed by atoms with Gasteiger partial charge in [0, 0.05) is 19.6 Å². The molecule has 0 aromatic heterocycles. The van der Waals surface area contributed by atoms with Gasteiger partial charge in [-0.05, 0) is 39.0 Å². The normalized spacial score (nSPS) is 23.4. The summed E-state index contributed by atoms with van der Waals surface area (Å²) in [5.41, 5.74) is -0.467. The number of nitrogens with zero attached hydrogens (tertiary/aromatic N) is 1. The average molecular weight is 305 g/mol. The van der Waals surface area contributed by atoms with Crippen LogP contribution in [0.5, 0.6) is 0 Å². The van der Waals surface area contributed by atoms with Crippen molar-refractivity contribution in [3.63, 3.8) is 0 Å². The second kappa shape index (κ2) is 7.16. The molecule has 0 bridgehead atoms. The van der Waals surface area contributed by atoms with Crippen molar-refractivity contribution in [2.45, 2.75) is 39.7 Å². The van der Waals surface area contributed by atoms with Crippen LogP contribution in [0.1, 0.15) is 34.1 Å². The lowest BCUT2D eigenvalue weighted by Gasteiger charge is -2.37. The fourth-order valence-electron chi connectivity index (χ4n) is 2.28. The van der Waals surface area contributed by atoms with Gasteiger partial charge in [-0.2, -0.15) is 0 Å². The van der Waals surface area contributed by atoms with Crippen molar-refractivity contribution in [3.05, 3.63) is 0 Å². The van der Waals surface area contributed by atoms with E-state index in [2.05, 4.69) is 12.2 Å². The second-order valence-electron chi connectivity index (χ2n) is 6.39. The molecule has 2 unspecified atom stereocenters. The summed E-state index contributed by atoms with van der Waals surface area (Å²) in [6.45, 7) is 9.63. The summed E-state index contributed by atoms with van der Waals surface area (Å²) in [5, 5.41) is 2.81. The van der Waals surface area contributed by atoms with Crippen molar-refractivity contribution in [3.8, 4) is 0 Å². The predicted octanol–water partition coefficient (Wildman–Crippen LogP) is 2.23. The monoisotopic (exact) mass is 304 g/mol. The van der Waals surface area contributed by atoms with Crippen LogP contribution in [0.3, 0.4) is 0 Å². The van der Waals surface area contributed by atoms with E-state index in [9.17, 15) is 9.59 Å². The number of hydrogen-bond donors (Lipinski definition) is 1. The van der Waals surface area contributed by atoms with Crippen molar-refractivity contribution in [1.29, 1.82) is 0 Å². The van der Waals surface area contributed by atoms with Crippen LogP contribution in [-0.2, 0) is 9.53 Å². The quantitative estimate of drug-likeness (QED) is 0.814. The lowest BCUT2D eigenvalue weighted by Crippen LogP contribution is -2.47. The second-order valence-corrected chi connectivity index (χ2v) is 6.66. The first-order valence-electron chi connectivity index (χ1n) is 7.03. The van der Waals surface area contributed by atoms with E-state index in [4.69, 9.17) is 16.3 Å². The molecule has 6 heteroatoms. The SMILES string of the molecule is CC1CN(C(=O)OC(C)(C)C)CCC1CNC(=O)CCl. The summed E-state index contributed by atoms with van der Waals surface area (Å²) < 4.78 is 5.38. The molecule has 2 atom stereocenters. The molecule has 0 aliphatic carbocycles. The highest BCUT2D eigenvalue weighted by Gasteiger charge is 2.31. The maximum Gasteiger partial charge on any atom is 0.410 e. The molecule has 1 heterocycles. The first-order valence-corrected chi connectivity index (χ1v) is 7.57. The van der Waals surface area contributed by atoms with Crippen LogP contribution in [0.25, 0.3) is 0 Å². The van der Waals surface area contributed by atoms with E-state index in [-0.39, 0.29) is 17.9 Å². The van der Waals surface area contributed by atoms with Crippen LogP contribution in [0.2, 0.25) is 0 Å². The Morgan fingerprint density at radius 3 is 2.55 bits per heavy atom. The van der Waals surface area contributed by atoms with Gasteiger partial charge in [-0.25, -0.2) is 4.79 Å². The van der Waals surface area contributed by atoms with Crippen molar-refractivity contribution >= 4 is 23.6 Å². The van der Waals surface area contributed by atoms with E-state index in [0.717, 1.165) is 6.42 Å². The first kappa shape index (κ1) is 17.1. The molecule has 1 rings (SSSR count). The van der Waals surface area contributed by atoms with E-state index >= 15 is 0 Å². The fourth-order valence-corrected chi connectivity index (χ4v) is 2.38. The number of carbonyl (C=O) groups is 2. The number of ether oxygens (including phenoxy) is 1. The summed E-state index contributed by atoms with van der Waals surface area (Å²) in [7, 11) is 0. The number of likely N-dealkylation sites (tertiary alicyclic amines) is 1. The number of amides is 2. The van der Waals surface area contributed by atoms with Crippen LogP contribution >= 0.6 is 11.6 Å². The number of hydrogen-bond acceptors (Lipinski definition) is 3. The molecule has 2 amide bonds. The van der Waals surface area contributed by atoms with Crippen molar-refractivity contribution in [1.82, 2.24) is 10.2 Å². The predicted molar refractivity (Wildman–Crippen MR) is 78.8 cm³/mol. The molecule has 0 saturated carbocycles. The van der Waals surface area contributed by atoms with Gasteiger partial charge in [0.25, 0.3) is 0 Å². The minimum absolute atomic E-state index is 0.00880. The third-order valence-electron chi connectivity index (χ3n) is 3.42. The smallest absolute Gasteiger partial charge is 0.410 e. The third-order valence-corrected chi connectivity index (χ3v) is 3.66. The average Bonchev–Trinajstić information content (AvgIpc) is 2.34. The summed E-state index contributed by atoms with van der Waals surface area (Å²) in [5.74, 6) is 0.548. The molecule has 1 N–H and O–H groups in total. The number of nitrogens with one attached hydrogen (secondary N) is 1. The zero-order valence-electron chi connectivity index (χ0n) is 12.7. The fraction of sp³-hybridized carbons (Fsp3) is 0.857. The van der Waals surface area contributed by atoms with Gasteiger partial charge in [0.1, 0.15) is 11.5 Å². The molecule has 0 radical (unpaired) electrons. The van der Waals surface area contributed by atoms with E-state index in [1.165, 1.54) is 0 Å². The van der Waals surface area contributed by atoms with Crippen LogP contribution in [0.15, 0.2) is 0 Å². The summed E-state index contributed by atoms with van der Waals surface area (Å²) >= 11 is 5.45. The zero-order valence-corrected chi connectivity index (χ0v) is 13.5. The minimum atomic E-state index is -0.467. The van der Waals surface area contributed by atoms with Gasteiger partial charge in [0.05, 0.1) is 0 Å². The molecule has 0 aromatic carbocycles. The van der Waals surface area contributed by atoms with Gasteiger partial charge in [-0.3, -0.25) is 4.79 Å². The molecule has 5 nitrogen and oxygen atoms in total. The van der Waals surface area contributed by atoms with Gasteiger partial charge in [-0.1, -0.05) is 6.92 Å². The Balaban J connectivity index is 2.43. The molecule has 0 spiro atoms. The van der Waals surface area contributed by atoms with E-state index < -0.39 is 5.60 Å². The maximum absolute atomic E-state index is 12.0. The number of carbonyl (C=O) groups excluding carboxylic acids is 2. The van der Waals surface area contributed by atoms with Gasteiger partial charge in [-0.15, -0.1) is 11.6 Å². The Kier molecular flexibility index (Phi) is 6.11. The highest BCUT2D eigenvalue weighted by Crippen LogP contribution is 2.24. The Morgan fingerprint density at radius 1 is 1.40 bits per heavy atom.